The minimum Gasteiger partial charge on any atom is -0.397 e. The molecule has 0 atom stereocenters. The van der Waals surface area contributed by atoms with E-state index in [0.717, 1.165) is 5.56 Å². The Balaban J connectivity index is 2.20. The predicted molar refractivity (Wildman–Crippen MR) is 74.0 cm³/mol. The van der Waals surface area contributed by atoms with Crippen LogP contribution in [-0.4, -0.2) is 0 Å². The van der Waals surface area contributed by atoms with E-state index in [1.165, 1.54) is 18.2 Å². The first-order valence-corrected chi connectivity index (χ1v) is 5.88. The number of hydrogen-bond acceptors (Lipinski definition) is 3. The highest BCUT2D eigenvalue weighted by Gasteiger charge is 2.13. The molecule has 0 fully saturated rings. The zero-order valence-electron chi connectivity index (χ0n) is 9.88. The minimum atomic E-state index is -0.693. The molecule has 0 radical (unpaired) electrons. The molecule has 5 N–H and O–H groups in total. The molecule has 0 saturated heterocycles. The van der Waals surface area contributed by atoms with Gasteiger partial charge in [0.25, 0.3) is 0 Å². The Hall–Kier alpha value is -2.01. The fraction of sp³-hybridized carbons (Fsp3) is 0.0769. The Morgan fingerprint density at radius 3 is 2.32 bits per heavy atom. The van der Waals surface area contributed by atoms with Crippen molar-refractivity contribution in [1.29, 1.82) is 0 Å². The Labute approximate surface area is 114 Å². The SMILES string of the molecule is Nc1cc(N)c(NCc2ccc(F)cc2)c(F)c1Cl. The summed E-state index contributed by atoms with van der Waals surface area (Å²) in [4.78, 5) is 0. The van der Waals surface area contributed by atoms with E-state index in [2.05, 4.69) is 5.32 Å². The van der Waals surface area contributed by atoms with Gasteiger partial charge in [-0.2, -0.15) is 0 Å². The highest BCUT2D eigenvalue weighted by molar-refractivity contribution is 6.33. The molecule has 3 nitrogen and oxygen atoms in total. The Bertz CT molecular complexity index is 600. The van der Waals surface area contributed by atoms with Crippen LogP contribution in [0.15, 0.2) is 30.3 Å². The maximum atomic E-state index is 13.9. The third kappa shape index (κ3) is 2.88. The second kappa shape index (κ2) is 5.32. The molecule has 0 aliphatic carbocycles. The van der Waals surface area contributed by atoms with Gasteiger partial charge in [-0.1, -0.05) is 23.7 Å². The van der Waals surface area contributed by atoms with Gasteiger partial charge < -0.3 is 16.8 Å². The first kappa shape index (κ1) is 13.4. The first-order valence-electron chi connectivity index (χ1n) is 5.50. The van der Waals surface area contributed by atoms with Crippen molar-refractivity contribution in [1.82, 2.24) is 0 Å². The van der Waals surface area contributed by atoms with Crippen molar-refractivity contribution in [2.75, 3.05) is 16.8 Å². The number of rotatable bonds is 3. The van der Waals surface area contributed by atoms with Crippen LogP contribution in [0.1, 0.15) is 5.56 Å². The monoisotopic (exact) mass is 283 g/mol. The molecule has 0 amide bonds. The van der Waals surface area contributed by atoms with Crippen LogP contribution in [0, 0.1) is 11.6 Å². The zero-order chi connectivity index (χ0) is 14.0. The molecule has 19 heavy (non-hydrogen) atoms. The molecule has 0 aliphatic heterocycles. The van der Waals surface area contributed by atoms with Crippen LogP contribution in [-0.2, 0) is 6.54 Å². The molecule has 0 spiro atoms. The molecule has 0 aliphatic rings. The fourth-order valence-electron chi connectivity index (χ4n) is 1.64. The topological polar surface area (TPSA) is 64.1 Å². The summed E-state index contributed by atoms with van der Waals surface area (Å²) in [5, 5.41) is 2.65. The van der Waals surface area contributed by atoms with E-state index in [1.807, 2.05) is 0 Å². The van der Waals surface area contributed by atoms with Gasteiger partial charge in [-0.05, 0) is 23.8 Å². The largest absolute Gasteiger partial charge is 0.397 e. The summed E-state index contributed by atoms with van der Waals surface area (Å²) in [5.41, 5.74) is 12.3. The van der Waals surface area contributed by atoms with Crippen molar-refractivity contribution in [3.05, 3.63) is 52.6 Å². The van der Waals surface area contributed by atoms with Gasteiger partial charge in [-0.3, -0.25) is 0 Å². The maximum absolute atomic E-state index is 13.9. The van der Waals surface area contributed by atoms with Gasteiger partial charge in [0, 0.05) is 6.54 Å². The van der Waals surface area contributed by atoms with Crippen LogP contribution in [0.4, 0.5) is 25.8 Å². The number of halogens is 3. The summed E-state index contributed by atoms with van der Waals surface area (Å²) in [5.74, 6) is -1.02. The second-order valence-electron chi connectivity index (χ2n) is 4.04. The van der Waals surface area contributed by atoms with E-state index in [9.17, 15) is 8.78 Å². The van der Waals surface area contributed by atoms with Crippen LogP contribution < -0.4 is 16.8 Å². The molecule has 0 saturated carbocycles. The van der Waals surface area contributed by atoms with Crippen LogP contribution in [0.5, 0.6) is 0 Å². The van der Waals surface area contributed by atoms with Crippen LogP contribution in [0.25, 0.3) is 0 Å². The van der Waals surface area contributed by atoms with E-state index in [1.54, 1.807) is 12.1 Å². The molecule has 2 aromatic rings. The second-order valence-corrected chi connectivity index (χ2v) is 4.42. The Kier molecular flexibility index (Phi) is 3.76. The van der Waals surface area contributed by atoms with Gasteiger partial charge in [-0.15, -0.1) is 0 Å². The standard InChI is InChI=1S/C13H12ClF2N3/c14-11-9(17)5-10(18)13(12(11)16)19-6-7-1-3-8(15)4-2-7/h1-5,19H,6,17-18H2. The fourth-order valence-corrected chi connectivity index (χ4v) is 1.79. The summed E-state index contributed by atoms with van der Waals surface area (Å²) in [6.45, 7) is 0.293. The number of nitrogens with two attached hydrogens (primary N) is 2. The molecular formula is C13H12ClF2N3. The molecular weight excluding hydrogens is 272 g/mol. The van der Waals surface area contributed by atoms with Crippen molar-refractivity contribution < 1.29 is 8.78 Å². The molecule has 2 rings (SSSR count). The average Bonchev–Trinajstić information content (AvgIpc) is 2.38. The number of benzene rings is 2. The summed E-state index contributed by atoms with van der Waals surface area (Å²) in [7, 11) is 0. The lowest BCUT2D eigenvalue weighted by atomic mass is 10.2. The average molecular weight is 284 g/mol. The van der Waals surface area contributed by atoms with Gasteiger partial charge in [-0.25, -0.2) is 8.78 Å². The van der Waals surface area contributed by atoms with Crippen molar-refractivity contribution in [3.63, 3.8) is 0 Å². The van der Waals surface area contributed by atoms with Gasteiger partial charge in [0.1, 0.15) is 10.8 Å². The van der Waals surface area contributed by atoms with Crippen molar-refractivity contribution in [2.24, 2.45) is 0 Å². The number of hydrogen-bond donors (Lipinski definition) is 3. The lowest BCUT2D eigenvalue weighted by Gasteiger charge is -2.13. The summed E-state index contributed by atoms with van der Waals surface area (Å²) in [6.07, 6.45) is 0. The Morgan fingerprint density at radius 2 is 1.68 bits per heavy atom. The summed E-state index contributed by atoms with van der Waals surface area (Å²) >= 11 is 5.71. The lowest BCUT2D eigenvalue weighted by Crippen LogP contribution is -2.06. The number of nitrogens with one attached hydrogen (secondary N) is 1. The third-order valence-corrected chi connectivity index (χ3v) is 3.03. The molecule has 100 valence electrons. The summed E-state index contributed by atoms with van der Waals surface area (Å²) < 4.78 is 26.6. The molecule has 6 heteroatoms. The lowest BCUT2D eigenvalue weighted by molar-refractivity contribution is 0.626. The predicted octanol–water partition coefficient (Wildman–Crippen LogP) is 3.39. The number of anilines is 3. The van der Waals surface area contributed by atoms with E-state index in [4.69, 9.17) is 23.1 Å². The van der Waals surface area contributed by atoms with Crippen molar-refractivity contribution in [3.8, 4) is 0 Å². The van der Waals surface area contributed by atoms with Crippen molar-refractivity contribution in [2.45, 2.75) is 6.54 Å². The van der Waals surface area contributed by atoms with Crippen LogP contribution >= 0.6 is 11.6 Å². The van der Waals surface area contributed by atoms with Gasteiger partial charge >= 0.3 is 0 Å². The zero-order valence-corrected chi connectivity index (χ0v) is 10.6. The van der Waals surface area contributed by atoms with E-state index in [-0.39, 0.29) is 27.9 Å². The van der Waals surface area contributed by atoms with E-state index >= 15 is 0 Å². The quantitative estimate of drug-likeness (QED) is 0.757. The van der Waals surface area contributed by atoms with Crippen LogP contribution in [0.2, 0.25) is 5.02 Å². The Morgan fingerprint density at radius 1 is 1.05 bits per heavy atom. The molecule has 0 unspecified atom stereocenters. The molecule has 0 aromatic heterocycles. The third-order valence-electron chi connectivity index (χ3n) is 2.65. The molecule has 0 heterocycles. The highest BCUT2D eigenvalue weighted by Crippen LogP contribution is 2.33. The molecule has 2 aromatic carbocycles. The maximum Gasteiger partial charge on any atom is 0.169 e. The van der Waals surface area contributed by atoms with Gasteiger partial charge in [0.15, 0.2) is 5.82 Å². The molecule has 0 bridgehead atoms. The van der Waals surface area contributed by atoms with E-state index in [0.29, 0.717) is 6.54 Å². The van der Waals surface area contributed by atoms with E-state index < -0.39 is 5.82 Å². The minimum absolute atomic E-state index is 0.0866. The van der Waals surface area contributed by atoms with Gasteiger partial charge in [0.2, 0.25) is 0 Å². The van der Waals surface area contributed by atoms with Crippen molar-refractivity contribution >= 4 is 28.7 Å². The first-order chi connectivity index (χ1) is 8.99. The smallest absolute Gasteiger partial charge is 0.169 e. The normalized spacial score (nSPS) is 10.5. The summed E-state index contributed by atoms with van der Waals surface area (Å²) in [6, 6.07) is 7.22. The van der Waals surface area contributed by atoms with Gasteiger partial charge in [0.05, 0.1) is 17.1 Å². The van der Waals surface area contributed by atoms with Crippen LogP contribution in [0.3, 0.4) is 0 Å². The number of nitrogen functional groups attached to an aromatic ring is 2. The highest BCUT2D eigenvalue weighted by atomic mass is 35.5.